The van der Waals surface area contributed by atoms with E-state index in [-0.39, 0.29) is 0 Å². The van der Waals surface area contributed by atoms with Crippen LogP contribution in [0.2, 0.25) is 5.02 Å². The average molecular weight is 324 g/mol. The van der Waals surface area contributed by atoms with Gasteiger partial charge in [0.15, 0.2) is 5.11 Å². The first kappa shape index (κ1) is 13.7. The maximum atomic E-state index is 5.95. The molecular weight excluding hydrogens is 312 g/mol. The molecule has 0 spiro atoms. The van der Waals surface area contributed by atoms with Crippen molar-refractivity contribution in [2.45, 2.75) is 0 Å². The third kappa shape index (κ3) is 4.25. The van der Waals surface area contributed by atoms with E-state index in [0.29, 0.717) is 23.3 Å². The van der Waals surface area contributed by atoms with E-state index >= 15 is 0 Å². The Morgan fingerprint density at radius 2 is 2.31 bits per heavy atom. The van der Waals surface area contributed by atoms with Crippen molar-refractivity contribution < 1.29 is 4.74 Å². The van der Waals surface area contributed by atoms with Crippen LogP contribution < -0.4 is 10.6 Å². The maximum absolute atomic E-state index is 5.95. The zero-order valence-corrected chi connectivity index (χ0v) is 11.9. The lowest BCUT2D eigenvalue weighted by Crippen LogP contribution is -2.31. The van der Waals surface area contributed by atoms with Gasteiger partial charge in [0.05, 0.1) is 21.8 Å². The van der Waals surface area contributed by atoms with E-state index in [1.54, 1.807) is 13.2 Å². The van der Waals surface area contributed by atoms with Crippen molar-refractivity contribution in [3.63, 3.8) is 0 Å². The molecule has 0 aliphatic carbocycles. The SMILES string of the molecule is COCCNC(=S)Nc1cccc(Cl)c1Br. The molecule has 0 aliphatic heterocycles. The molecule has 3 nitrogen and oxygen atoms in total. The van der Waals surface area contributed by atoms with Crippen LogP contribution in [-0.2, 0) is 4.74 Å². The Kier molecular flexibility index (Phi) is 6.05. The molecule has 16 heavy (non-hydrogen) atoms. The van der Waals surface area contributed by atoms with Crippen molar-refractivity contribution >= 4 is 50.5 Å². The smallest absolute Gasteiger partial charge is 0.170 e. The highest BCUT2D eigenvalue weighted by Crippen LogP contribution is 2.29. The maximum Gasteiger partial charge on any atom is 0.170 e. The van der Waals surface area contributed by atoms with Gasteiger partial charge in [0, 0.05) is 13.7 Å². The highest BCUT2D eigenvalue weighted by atomic mass is 79.9. The van der Waals surface area contributed by atoms with Crippen LogP contribution >= 0.6 is 39.7 Å². The minimum Gasteiger partial charge on any atom is -0.383 e. The van der Waals surface area contributed by atoms with Crippen LogP contribution in [0, 0.1) is 0 Å². The summed E-state index contributed by atoms with van der Waals surface area (Å²) in [6.07, 6.45) is 0. The van der Waals surface area contributed by atoms with Gasteiger partial charge in [-0.3, -0.25) is 0 Å². The lowest BCUT2D eigenvalue weighted by Gasteiger charge is -2.11. The Balaban J connectivity index is 2.53. The molecule has 0 radical (unpaired) electrons. The molecule has 0 aromatic heterocycles. The second kappa shape index (κ2) is 7.06. The summed E-state index contributed by atoms with van der Waals surface area (Å²) in [5, 5.41) is 7.24. The molecular formula is C10H12BrClN2OS. The highest BCUT2D eigenvalue weighted by molar-refractivity contribution is 9.10. The number of ether oxygens (including phenoxy) is 1. The van der Waals surface area contributed by atoms with E-state index in [2.05, 4.69) is 26.6 Å². The second-order valence-electron chi connectivity index (χ2n) is 2.98. The zero-order chi connectivity index (χ0) is 12.0. The number of thiocarbonyl (C=S) groups is 1. The lowest BCUT2D eigenvalue weighted by molar-refractivity contribution is 0.204. The molecule has 2 N–H and O–H groups in total. The van der Waals surface area contributed by atoms with Crippen molar-refractivity contribution in [3.8, 4) is 0 Å². The summed E-state index contributed by atoms with van der Waals surface area (Å²) in [4.78, 5) is 0. The molecule has 1 rings (SSSR count). The fourth-order valence-corrected chi connectivity index (χ4v) is 1.78. The minimum atomic E-state index is 0.542. The summed E-state index contributed by atoms with van der Waals surface area (Å²) in [5.41, 5.74) is 0.836. The first-order valence-electron chi connectivity index (χ1n) is 4.63. The quantitative estimate of drug-likeness (QED) is 0.659. The predicted octanol–water partition coefficient (Wildman–Crippen LogP) is 3.04. The van der Waals surface area contributed by atoms with E-state index in [9.17, 15) is 0 Å². The summed E-state index contributed by atoms with van der Waals surface area (Å²) >= 11 is 14.4. The number of benzene rings is 1. The Hall–Kier alpha value is -0.360. The van der Waals surface area contributed by atoms with Crippen LogP contribution in [0.25, 0.3) is 0 Å². The average Bonchev–Trinajstić information content (AvgIpc) is 2.25. The van der Waals surface area contributed by atoms with Gasteiger partial charge in [-0.1, -0.05) is 17.7 Å². The highest BCUT2D eigenvalue weighted by Gasteiger charge is 2.04. The van der Waals surface area contributed by atoms with Gasteiger partial charge in [-0.15, -0.1) is 0 Å². The molecule has 0 atom stereocenters. The largest absolute Gasteiger partial charge is 0.383 e. The summed E-state index contributed by atoms with van der Waals surface area (Å²) in [6, 6.07) is 5.55. The molecule has 0 amide bonds. The molecule has 1 aromatic carbocycles. The fourth-order valence-electron chi connectivity index (χ4n) is 1.03. The number of hydrogen-bond donors (Lipinski definition) is 2. The van der Waals surface area contributed by atoms with Gasteiger partial charge in [0.25, 0.3) is 0 Å². The van der Waals surface area contributed by atoms with Gasteiger partial charge in [-0.2, -0.15) is 0 Å². The van der Waals surface area contributed by atoms with E-state index < -0.39 is 0 Å². The van der Waals surface area contributed by atoms with Crippen LogP contribution in [0.15, 0.2) is 22.7 Å². The summed E-state index contributed by atoms with van der Waals surface area (Å²) in [6.45, 7) is 1.28. The van der Waals surface area contributed by atoms with Crippen molar-refractivity contribution in [2.75, 3.05) is 25.6 Å². The summed E-state index contributed by atoms with van der Waals surface area (Å²) in [5.74, 6) is 0. The number of halogens is 2. The van der Waals surface area contributed by atoms with Crippen LogP contribution in [0.1, 0.15) is 0 Å². The Bertz CT molecular complexity index is 376. The number of nitrogens with one attached hydrogen (secondary N) is 2. The molecule has 0 aliphatic rings. The third-order valence-electron chi connectivity index (χ3n) is 1.79. The van der Waals surface area contributed by atoms with Gasteiger partial charge >= 0.3 is 0 Å². The minimum absolute atomic E-state index is 0.542. The second-order valence-corrected chi connectivity index (χ2v) is 4.58. The molecule has 0 saturated carbocycles. The van der Waals surface area contributed by atoms with Gasteiger partial charge in [0.2, 0.25) is 0 Å². The zero-order valence-electron chi connectivity index (χ0n) is 8.72. The molecule has 6 heteroatoms. The molecule has 0 unspecified atom stereocenters. The van der Waals surface area contributed by atoms with Crippen molar-refractivity contribution in [3.05, 3.63) is 27.7 Å². The molecule has 0 bridgehead atoms. The number of methoxy groups -OCH3 is 1. The first-order chi connectivity index (χ1) is 7.65. The first-order valence-corrected chi connectivity index (χ1v) is 6.21. The number of rotatable bonds is 4. The number of anilines is 1. The van der Waals surface area contributed by atoms with Crippen LogP contribution in [0.5, 0.6) is 0 Å². The normalized spacial score (nSPS) is 9.94. The Labute approximate surface area is 114 Å². The molecule has 88 valence electrons. The van der Waals surface area contributed by atoms with E-state index in [1.807, 2.05) is 12.1 Å². The van der Waals surface area contributed by atoms with E-state index in [4.69, 9.17) is 28.6 Å². The molecule has 0 heterocycles. The lowest BCUT2D eigenvalue weighted by atomic mass is 10.3. The number of hydrogen-bond acceptors (Lipinski definition) is 2. The van der Waals surface area contributed by atoms with Gasteiger partial charge in [-0.25, -0.2) is 0 Å². The van der Waals surface area contributed by atoms with Gasteiger partial charge in [0.1, 0.15) is 0 Å². The van der Waals surface area contributed by atoms with Crippen LogP contribution in [-0.4, -0.2) is 25.4 Å². The predicted molar refractivity (Wildman–Crippen MR) is 75.3 cm³/mol. The summed E-state index contributed by atoms with van der Waals surface area (Å²) < 4.78 is 5.70. The monoisotopic (exact) mass is 322 g/mol. The molecule has 0 saturated heterocycles. The van der Waals surface area contributed by atoms with Crippen molar-refractivity contribution in [1.82, 2.24) is 5.32 Å². The Morgan fingerprint density at radius 3 is 3.00 bits per heavy atom. The van der Waals surface area contributed by atoms with E-state index in [1.165, 1.54) is 0 Å². The van der Waals surface area contributed by atoms with Gasteiger partial charge in [-0.05, 0) is 40.3 Å². The molecule has 0 fully saturated rings. The van der Waals surface area contributed by atoms with Gasteiger partial charge < -0.3 is 15.4 Å². The van der Waals surface area contributed by atoms with Crippen LogP contribution in [0.4, 0.5) is 5.69 Å². The van der Waals surface area contributed by atoms with Crippen LogP contribution in [0.3, 0.4) is 0 Å². The van der Waals surface area contributed by atoms with Crippen molar-refractivity contribution in [1.29, 1.82) is 0 Å². The standard InChI is InChI=1S/C10H12BrClN2OS/c1-15-6-5-13-10(16)14-8-4-2-3-7(12)9(8)11/h2-4H,5-6H2,1H3,(H2,13,14,16). The molecule has 1 aromatic rings. The summed E-state index contributed by atoms with van der Waals surface area (Å²) in [7, 11) is 1.64. The third-order valence-corrected chi connectivity index (χ3v) is 3.44. The fraction of sp³-hybridized carbons (Fsp3) is 0.300. The Morgan fingerprint density at radius 1 is 1.56 bits per heavy atom. The topological polar surface area (TPSA) is 33.3 Å². The van der Waals surface area contributed by atoms with Crippen molar-refractivity contribution in [2.24, 2.45) is 0 Å². The van der Waals surface area contributed by atoms with E-state index in [0.717, 1.165) is 10.2 Å².